The van der Waals surface area contributed by atoms with Gasteiger partial charge in [-0.3, -0.25) is 28.9 Å². The molecule has 0 unspecified atom stereocenters. The first-order valence-electron chi connectivity index (χ1n) is 16.3. The van der Waals surface area contributed by atoms with Crippen molar-refractivity contribution in [2.24, 2.45) is 5.92 Å². The third kappa shape index (κ3) is 10.7. The third-order valence-corrected chi connectivity index (χ3v) is 8.13. The molecule has 0 bridgehead atoms. The van der Waals surface area contributed by atoms with Crippen LogP contribution >= 0.6 is 0 Å². The number of nitrogens with zero attached hydrogens (tertiary/aromatic N) is 1. The summed E-state index contributed by atoms with van der Waals surface area (Å²) < 4.78 is 11.3. The van der Waals surface area contributed by atoms with Crippen LogP contribution in [-0.2, 0) is 30.3 Å². The fourth-order valence-corrected chi connectivity index (χ4v) is 5.40. The maximum absolute atomic E-state index is 13.7. The molecule has 0 spiro atoms. The van der Waals surface area contributed by atoms with E-state index < -0.39 is 60.1 Å². The molecule has 260 valence electrons. The van der Waals surface area contributed by atoms with Crippen LogP contribution in [0.25, 0.3) is 0 Å². The first kappa shape index (κ1) is 36.2. The molecule has 6 N–H and O–H groups in total. The number of para-hydroxylation sites is 1. The number of phenols is 1. The second kappa shape index (κ2) is 17.5. The SMILES string of the molecule is CC(C)[C@H]1NC(=O)[C@H](Cc2ccc(O)cc2)NC(=O)C[C@@H](C(=O)NCCN2CCOCC2)NC(=O)c2ccccc2OC[C@H](C)NC1=O. The highest BCUT2D eigenvalue weighted by atomic mass is 16.5. The Balaban J connectivity index is 1.62. The van der Waals surface area contributed by atoms with Crippen molar-refractivity contribution in [3.05, 3.63) is 59.7 Å². The van der Waals surface area contributed by atoms with Crippen LogP contribution in [0.5, 0.6) is 11.5 Å². The molecule has 0 saturated carbocycles. The van der Waals surface area contributed by atoms with Crippen molar-refractivity contribution < 1.29 is 38.6 Å². The number of hydrogen-bond acceptors (Lipinski definition) is 9. The number of hydrogen-bond donors (Lipinski definition) is 6. The number of rotatable bonds is 7. The molecule has 1 saturated heterocycles. The number of fused-ring (bicyclic) bond motifs is 1. The molecule has 4 atom stereocenters. The molecule has 14 nitrogen and oxygen atoms in total. The molecular weight excluding hydrogens is 620 g/mol. The summed E-state index contributed by atoms with van der Waals surface area (Å²) in [7, 11) is 0. The first-order valence-corrected chi connectivity index (χ1v) is 16.3. The molecule has 5 amide bonds. The van der Waals surface area contributed by atoms with Crippen LogP contribution in [0.4, 0.5) is 0 Å². The van der Waals surface area contributed by atoms with E-state index in [-0.39, 0.29) is 42.6 Å². The van der Waals surface area contributed by atoms with E-state index in [1.807, 2.05) is 0 Å². The molecule has 2 aliphatic heterocycles. The molecule has 0 aliphatic carbocycles. The lowest BCUT2D eigenvalue weighted by atomic mass is 10.0. The number of ether oxygens (including phenoxy) is 2. The van der Waals surface area contributed by atoms with Crippen molar-refractivity contribution in [1.29, 1.82) is 0 Å². The van der Waals surface area contributed by atoms with Crippen LogP contribution in [0.2, 0.25) is 0 Å². The Labute approximate surface area is 280 Å². The summed E-state index contributed by atoms with van der Waals surface area (Å²) in [5, 5.41) is 23.6. The van der Waals surface area contributed by atoms with E-state index in [1.54, 1.807) is 57.2 Å². The average molecular weight is 667 g/mol. The minimum absolute atomic E-state index is 0.0176. The molecule has 48 heavy (non-hydrogen) atoms. The molecule has 14 heteroatoms. The monoisotopic (exact) mass is 666 g/mol. The van der Waals surface area contributed by atoms with Crippen LogP contribution in [0.3, 0.4) is 0 Å². The summed E-state index contributed by atoms with van der Waals surface area (Å²) in [6.45, 7) is 8.86. The van der Waals surface area contributed by atoms with Crippen molar-refractivity contribution in [2.45, 2.75) is 57.8 Å². The number of carbonyl (C=O) groups is 5. The zero-order valence-corrected chi connectivity index (χ0v) is 27.6. The Morgan fingerprint density at radius 1 is 0.958 bits per heavy atom. The predicted octanol–water partition coefficient (Wildman–Crippen LogP) is 0.0945. The van der Waals surface area contributed by atoms with Gasteiger partial charge >= 0.3 is 0 Å². The number of amides is 5. The number of aromatic hydroxyl groups is 1. The summed E-state index contributed by atoms with van der Waals surface area (Å²) in [6.07, 6.45) is -0.437. The molecule has 1 fully saturated rings. The summed E-state index contributed by atoms with van der Waals surface area (Å²) in [4.78, 5) is 69.7. The minimum atomic E-state index is -1.28. The zero-order chi connectivity index (χ0) is 34.6. The second-order valence-corrected chi connectivity index (χ2v) is 12.4. The molecule has 0 aromatic heterocycles. The van der Waals surface area contributed by atoms with Crippen LogP contribution < -0.4 is 31.3 Å². The summed E-state index contributed by atoms with van der Waals surface area (Å²) >= 11 is 0. The van der Waals surface area contributed by atoms with Crippen molar-refractivity contribution in [1.82, 2.24) is 31.5 Å². The van der Waals surface area contributed by atoms with E-state index in [4.69, 9.17) is 9.47 Å². The maximum Gasteiger partial charge on any atom is 0.255 e. The van der Waals surface area contributed by atoms with E-state index in [0.717, 1.165) is 13.1 Å². The first-order chi connectivity index (χ1) is 23.0. The van der Waals surface area contributed by atoms with E-state index >= 15 is 0 Å². The highest BCUT2D eigenvalue weighted by Crippen LogP contribution is 2.19. The molecule has 2 aromatic carbocycles. The number of phenolic OH excluding ortho intramolecular Hbond substituents is 1. The van der Waals surface area contributed by atoms with Crippen LogP contribution in [0, 0.1) is 5.92 Å². The van der Waals surface area contributed by atoms with E-state index in [2.05, 4.69) is 31.5 Å². The highest BCUT2D eigenvalue weighted by Gasteiger charge is 2.32. The highest BCUT2D eigenvalue weighted by molar-refractivity contribution is 6.01. The molecule has 2 aromatic rings. The average Bonchev–Trinajstić information content (AvgIpc) is 3.06. The van der Waals surface area contributed by atoms with Crippen LogP contribution in [0.1, 0.15) is 43.1 Å². The number of morpholine rings is 1. The van der Waals surface area contributed by atoms with Crippen LogP contribution in [0.15, 0.2) is 48.5 Å². The second-order valence-electron chi connectivity index (χ2n) is 12.4. The van der Waals surface area contributed by atoms with Crippen LogP contribution in [-0.4, -0.2) is 110 Å². The van der Waals surface area contributed by atoms with E-state index in [0.29, 0.717) is 25.3 Å². The summed E-state index contributed by atoms with van der Waals surface area (Å²) in [5.41, 5.74) is 0.784. The normalized spacial score (nSPS) is 23.4. The predicted molar refractivity (Wildman–Crippen MR) is 176 cm³/mol. The summed E-state index contributed by atoms with van der Waals surface area (Å²) in [5.74, 6) is -2.95. The maximum atomic E-state index is 13.7. The van der Waals surface area contributed by atoms with Gasteiger partial charge in [0, 0.05) is 32.6 Å². The Morgan fingerprint density at radius 2 is 1.67 bits per heavy atom. The van der Waals surface area contributed by atoms with Gasteiger partial charge in [0.1, 0.15) is 36.2 Å². The number of benzene rings is 2. The van der Waals surface area contributed by atoms with Gasteiger partial charge in [-0.2, -0.15) is 0 Å². The topological polar surface area (TPSA) is 187 Å². The molecule has 0 radical (unpaired) electrons. The van der Waals surface area contributed by atoms with Gasteiger partial charge < -0.3 is 41.2 Å². The molecule has 2 aliphatic rings. The summed E-state index contributed by atoms with van der Waals surface area (Å²) in [6, 6.07) is 8.80. The molecular formula is C34H46N6O8. The Kier molecular flexibility index (Phi) is 13.1. The van der Waals surface area contributed by atoms with Gasteiger partial charge in [0.2, 0.25) is 23.6 Å². The van der Waals surface area contributed by atoms with Gasteiger partial charge in [-0.15, -0.1) is 0 Å². The fourth-order valence-electron chi connectivity index (χ4n) is 5.40. The van der Waals surface area contributed by atoms with Gasteiger partial charge in [0.15, 0.2) is 0 Å². The van der Waals surface area contributed by atoms with Gasteiger partial charge in [-0.25, -0.2) is 0 Å². The zero-order valence-electron chi connectivity index (χ0n) is 27.6. The van der Waals surface area contributed by atoms with E-state index in [1.165, 1.54) is 12.1 Å². The smallest absolute Gasteiger partial charge is 0.255 e. The van der Waals surface area contributed by atoms with Gasteiger partial charge in [0.25, 0.3) is 5.91 Å². The largest absolute Gasteiger partial charge is 0.508 e. The third-order valence-electron chi connectivity index (χ3n) is 8.13. The lowest BCUT2D eigenvalue weighted by Gasteiger charge is -2.27. The minimum Gasteiger partial charge on any atom is -0.508 e. The van der Waals surface area contributed by atoms with Gasteiger partial charge in [-0.1, -0.05) is 38.1 Å². The Bertz CT molecular complexity index is 1430. The Hall–Kier alpha value is -4.69. The van der Waals surface area contributed by atoms with Crippen molar-refractivity contribution in [2.75, 3.05) is 46.0 Å². The van der Waals surface area contributed by atoms with Gasteiger partial charge in [0.05, 0.1) is 31.2 Å². The molecule has 2 heterocycles. The van der Waals surface area contributed by atoms with Crippen molar-refractivity contribution in [3.8, 4) is 11.5 Å². The lowest BCUT2D eigenvalue weighted by molar-refractivity contribution is -0.133. The quantitative estimate of drug-likeness (QED) is 0.238. The molecule has 4 rings (SSSR count). The van der Waals surface area contributed by atoms with Crippen molar-refractivity contribution in [3.63, 3.8) is 0 Å². The number of nitrogens with one attached hydrogen (secondary N) is 5. The fraction of sp³-hybridized carbons (Fsp3) is 0.500. The van der Waals surface area contributed by atoms with Gasteiger partial charge in [-0.05, 0) is 42.7 Å². The lowest BCUT2D eigenvalue weighted by Crippen LogP contribution is -2.57. The van der Waals surface area contributed by atoms with Crippen molar-refractivity contribution >= 4 is 29.5 Å². The van der Waals surface area contributed by atoms with E-state index in [9.17, 15) is 29.1 Å². The number of carbonyl (C=O) groups excluding carboxylic acids is 5. The standard InChI is InChI=1S/C34H46N6O8/c1-21(2)30-34(46)36-22(3)20-48-28-7-5-4-6-25(28)31(43)38-27(32(44)35-12-13-40-14-16-47-17-15-40)19-29(42)37-26(33(45)39-30)18-23-8-10-24(41)11-9-23/h4-11,21-22,26-27,30,41H,12-20H2,1-3H3,(H,35,44)(H,36,46)(H,37,42)(H,38,43)(H,39,45)/t22-,26-,27-,30+/m0/s1. The Morgan fingerprint density at radius 3 is 2.38 bits per heavy atom.